The lowest BCUT2D eigenvalue weighted by Crippen LogP contribution is -2.27. The van der Waals surface area contributed by atoms with E-state index in [9.17, 15) is 13.2 Å². The predicted molar refractivity (Wildman–Crippen MR) is 66.8 cm³/mol. The minimum atomic E-state index is -3.20. The number of rotatable bonds is 4. The molecule has 4 nitrogen and oxygen atoms in total. The van der Waals surface area contributed by atoms with Crippen LogP contribution in [0.4, 0.5) is 0 Å². The third-order valence-electron chi connectivity index (χ3n) is 2.44. The fourth-order valence-corrected chi connectivity index (χ4v) is 2.13. The van der Waals surface area contributed by atoms with E-state index < -0.39 is 9.84 Å². The van der Waals surface area contributed by atoms with Crippen LogP contribution in [0.1, 0.15) is 23.7 Å². The standard InChI is InChI=1S/C12H17NO3S/c1-4-9-13(2)12(14)10-5-7-11(8-6-10)17(3,15)16/h5-8H,4,9H2,1-3H3. The van der Waals surface area contributed by atoms with Crippen molar-refractivity contribution in [2.24, 2.45) is 0 Å². The first-order chi connectivity index (χ1) is 7.86. The Morgan fingerprint density at radius 3 is 2.18 bits per heavy atom. The van der Waals surface area contributed by atoms with Crippen LogP contribution in [0.2, 0.25) is 0 Å². The highest BCUT2D eigenvalue weighted by Gasteiger charge is 2.12. The summed E-state index contributed by atoms with van der Waals surface area (Å²) in [6.07, 6.45) is 2.04. The number of hydrogen-bond acceptors (Lipinski definition) is 3. The summed E-state index contributed by atoms with van der Waals surface area (Å²) in [7, 11) is -1.47. The van der Waals surface area contributed by atoms with E-state index in [-0.39, 0.29) is 10.8 Å². The Bertz CT molecular complexity index is 491. The van der Waals surface area contributed by atoms with E-state index in [0.717, 1.165) is 12.7 Å². The normalized spacial score (nSPS) is 11.2. The van der Waals surface area contributed by atoms with Gasteiger partial charge < -0.3 is 4.90 Å². The first kappa shape index (κ1) is 13.7. The molecule has 0 heterocycles. The Labute approximate surface area is 102 Å². The molecule has 94 valence electrons. The van der Waals surface area contributed by atoms with Gasteiger partial charge in [0.25, 0.3) is 5.91 Å². The van der Waals surface area contributed by atoms with E-state index in [4.69, 9.17) is 0 Å². The molecule has 0 fully saturated rings. The van der Waals surface area contributed by atoms with Gasteiger partial charge in [0.05, 0.1) is 4.90 Å². The Hall–Kier alpha value is -1.36. The first-order valence-corrected chi connectivity index (χ1v) is 7.31. The molecule has 1 aromatic rings. The summed E-state index contributed by atoms with van der Waals surface area (Å²) in [5, 5.41) is 0. The molecule has 1 aromatic carbocycles. The lowest BCUT2D eigenvalue weighted by molar-refractivity contribution is 0.0795. The highest BCUT2D eigenvalue weighted by atomic mass is 32.2. The van der Waals surface area contributed by atoms with Crippen LogP contribution in [0.25, 0.3) is 0 Å². The van der Waals surface area contributed by atoms with Crippen LogP contribution in [0.3, 0.4) is 0 Å². The molecule has 1 amide bonds. The van der Waals surface area contributed by atoms with Crippen LogP contribution in [0.5, 0.6) is 0 Å². The Balaban J connectivity index is 2.92. The Morgan fingerprint density at radius 2 is 1.76 bits per heavy atom. The molecule has 0 aromatic heterocycles. The average molecular weight is 255 g/mol. The highest BCUT2D eigenvalue weighted by Crippen LogP contribution is 2.11. The molecule has 0 aliphatic carbocycles. The molecule has 0 unspecified atom stereocenters. The minimum absolute atomic E-state index is 0.0908. The van der Waals surface area contributed by atoms with E-state index in [0.29, 0.717) is 12.1 Å². The van der Waals surface area contributed by atoms with E-state index in [1.165, 1.54) is 12.1 Å². The molecule has 0 atom stereocenters. The molecule has 1 rings (SSSR count). The van der Waals surface area contributed by atoms with Crippen LogP contribution < -0.4 is 0 Å². The van der Waals surface area contributed by atoms with Gasteiger partial charge in [-0.1, -0.05) is 6.92 Å². The van der Waals surface area contributed by atoms with Crippen LogP contribution in [0.15, 0.2) is 29.2 Å². The van der Waals surface area contributed by atoms with Crippen molar-refractivity contribution in [2.75, 3.05) is 19.8 Å². The lowest BCUT2D eigenvalue weighted by Gasteiger charge is -2.16. The number of carbonyl (C=O) groups excluding carboxylic acids is 1. The second-order valence-corrected chi connectivity index (χ2v) is 6.04. The zero-order valence-corrected chi connectivity index (χ0v) is 11.1. The van der Waals surface area contributed by atoms with Gasteiger partial charge in [0, 0.05) is 25.4 Å². The van der Waals surface area contributed by atoms with E-state index in [1.807, 2.05) is 6.92 Å². The maximum atomic E-state index is 11.9. The molecular weight excluding hydrogens is 238 g/mol. The molecule has 0 radical (unpaired) electrons. The Morgan fingerprint density at radius 1 is 1.24 bits per heavy atom. The van der Waals surface area contributed by atoms with Gasteiger partial charge in [-0.05, 0) is 30.7 Å². The Kier molecular flexibility index (Phi) is 4.28. The van der Waals surface area contributed by atoms with E-state index in [1.54, 1.807) is 24.1 Å². The van der Waals surface area contributed by atoms with Gasteiger partial charge in [0.1, 0.15) is 0 Å². The highest BCUT2D eigenvalue weighted by molar-refractivity contribution is 7.90. The van der Waals surface area contributed by atoms with Crippen LogP contribution in [0, 0.1) is 0 Å². The molecule has 0 aliphatic heterocycles. The van der Waals surface area contributed by atoms with Gasteiger partial charge in [-0.15, -0.1) is 0 Å². The van der Waals surface area contributed by atoms with Crippen LogP contribution >= 0.6 is 0 Å². The molecule has 17 heavy (non-hydrogen) atoms. The number of sulfone groups is 1. The summed E-state index contributed by atoms with van der Waals surface area (Å²) < 4.78 is 22.5. The first-order valence-electron chi connectivity index (χ1n) is 5.42. The summed E-state index contributed by atoms with van der Waals surface area (Å²) in [6.45, 7) is 2.68. The molecule has 0 saturated carbocycles. The predicted octanol–water partition coefficient (Wildman–Crippen LogP) is 1.57. The van der Waals surface area contributed by atoms with Crippen molar-refractivity contribution in [3.8, 4) is 0 Å². The fraction of sp³-hybridized carbons (Fsp3) is 0.417. The van der Waals surface area contributed by atoms with Crippen LogP contribution in [-0.4, -0.2) is 39.1 Å². The van der Waals surface area contributed by atoms with Crippen molar-refractivity contribution in [1.82, 2.24) is 4.90 Å². The fourth-order valence-electron chi connectivity index (χ4n) is 1.50. The zero-order chi connectivity index (χ0) is 13.1. The van der Waals surface area contributed by atoms with Gasteiger partial charge >= 0.3 is 0 Å². The third kappa shape index (κ3) is 3.56. The summed E-state index contributed by atoms with van der Waals surface area (Å²) in [5.41, 5.74) is 0.508. The smallest absolute Gasteiger partial charge is 0.253 e. The summed E-state index contributed by atoms with van der Waals surface area (Å²) in [5.74, 6) is -0.0908. The molecule has 0 aliphatic rings. The van der Waals surface area contributed by atoms with Crippen molar-refractivity contribution in [1.29, 1.82) is 0 Å². The van der Waals surface area contributed by atoms with Gasteiger partial charge in [-0.3, -0.25) is 4.79 Å². The number of hydrogen-bond donors (Lipinski definition) is 0. The van der Waals surface area contributed by atoms with Crippen molar-refractivity contribution < 1.29 is 13.2 Å². The van der Waals surface area contributed by atoms with E-state index in [2.05, 4.69) is 0 Å². The molecule has 5 heteroatoms. The SMILES string of the molecule is CCCN(C)C(=O)c1ccc(S(C)(=O)=O)cc1. The van der Waals surface area contributed by atoms with Crippen molar-refractivity contribution in [3.05, 3.63) is 29.8 Å². The largest absolute Gasteiger partial charge is 0.342 e. The van der Waals surface area contributed by atoms with Crippen molar-refractivity contribution in [2.45, 2.75) is 18.2 Å². The van der Waals surface area contributed by atoms with Crippen LogP contribution in [-0.2, 0) is 9.84 Å². The molecular formula is C12H17NO3S. The number of amides is 1. The molecule has 0 bridgehead atoms. The van der Waals surface area contributed by atoms with E-state index >= 15 is 0 Å². The second kappa shape index (κ2) is 5.31. The topological polar surface area (TPSA) is 54.5 Å². The zero-order valence-electron chi connectivity index (χ0n) is 10.3. The molecule has 0 N–H and O–H groups in total. The monoisotopic (exact) mass is 255 g/mol. The summed E-state index contributed by atoms with van der Waals surface area (Å²) >= 11 is 0. The third-order valence-corrected chi connectivity index (χ3v) is 3.56. The lowest BCUT2D eigenvalue weighted by atomic mass is 10.2. The second-order valence-electron chi connectivity index (χ2n) is 4.02. The van der Waals surface area contributed by atoms with Gasteiger partial charge in [0.2, 0.25) is 0 Å². The van der Waals surface area contributed by atoms with Gasteiger partial charge in [0.15, 0.2) is 9.84 Å². The molecule has 0 spiro atoms. The van der Waals surface area contributed by atoms with Gasteiger partial charge in [-0.2, -0.15) is 0 Å². The number of carbonyl (C=O) groups is 1. The maximum Gasteiger partial charge on any atom is 0.253 e. The molecule has 0 saturated heterocycles. The number of benzene rings is 1. The quantitative estimate of drug-likeness (QED) is 0.820. The van der Waals surface area contributed by atoms with Gasteiger partial charge in [-0.25, -0.2) is 8.42 Å². The van der Waals surface area contributed by atoms with Crippen molar-refractivity contribution >= 4 is 15.7 Å². The number of nitrogens with zero attached hydrogens (tertiary/aromatic N) is 1. The summed E-state index contributed by atoms with van der Waals surface area (Å²) in [6, 6.07) is 6.01. The average Bonchev–Trinajstić information content (AvgIpc) is 2.27. The minimum Gasteiger partial charge on any atom is -0.342 e. The summed E-state index contributed by atoms with van der Waals surface area (Å²) in [4.78, 5) is 13.7. The maximum absolute atomic E-state index is 11.9. The van der Waals surface area contributed by atoms with Crippen molar-refractivity contribution in [3.63, 3.8) is 0 Å².